The second kappa shape index (κ2) is 9.62. The molecule has 0 saturated heterocycles. The molecule has 2 aromatic carbocycles. The predicted molar refractivity (Wildman–Crippen MR) is 107 cm³/mol. The van der Waals surface area contributed by atoms with Crippen molar-refractivity contribution >= 4 is 34.5 Å². The fraction of sp³-hybridized carbons (Fsp3) is 0.190. The van der Waals surface area contributed by atoms with Crippen molar-refractivity contribution in [2.24, 2.45) is 0 Å². The summed E-state index contributed by atoms with van der Waals surface area (Å²) in [7, 11) is 0. The molecule has 0 aliphatic rings. The monoisotopic (exact) mass is 434 g/mol. The standard InChI is InChI=1S/C21H17F3N2O3S/c22-21(23,24)19-15-8-4-5-9-17(15)26-12-16(19)20(28)29-13-18(27)25-10-11-30-14-6-2-1-3-7-14/h1-9,12H,10-11,13H2,(H,25,27). The normalized spacial score (nSPS) is 11.3. The molecule has 3 rings (SSSR count). The van der Waals surface area contributed by atoms with Gasteiger partial charge in [-0.05, 0) is 18.2 Å². The SMILES string of the molecule is O=C(COC(=O)c1cnc2ccccc2c1C(F)(F)F)NCCSc1ccccc1. The average Bonchev–Trinajstić information content (AvgIpc) is 2.74. The lowest BCUT2D eigenvalue weighted by Crippen LogP contribution is -2.31. The minimum Gasteiger partial charge on any atom is -0.452 e. The van der Waals surface area contributed by atoms with Gasteiger partial charge in [0.2, 0.25) is 0 Å². The van der Waals surface area contributed by atoms with Gasteiger partial charge in [0, 0.05) is 28.8 Å². The number of pyridine rings is 1. The number of alkyl halides is 3. The number of halogens is 3. The molecule has 0 spiro atoms. The predicted octanol–water partition coefficient (Wildman–Crippen LogP) is 4.32. The summed E-state index contributed by atoms with van der Waals surface area (Å²) < 4.78 is 45.5. The highest BCUT2D eigenvalue weighted by molar-refractivity contribution is 7.99. The van der Waals surface area contributed by atoms with E-state index in [9.17, 15) is 22.8 Å². The highest BCUT2D eigenvalue weighted by Gasteiger charge is 2.38. The van der Waals surface area contributed by atoms with Gasteiger partial charge >= 0.3 is 12.1 Å². The summed E-state index contributed by atoms with van der Waals surface area (Å²) in [5.41, 5.74) is -1.75. The number of benzene rings is 2. The number of ether oxygens (including phenoxy) is 1. The van der Waals surface area contributed by atoms with Gasteiger partial charge in [-0.15, -0.1) is 11.8 Å². The number of para-hydroxylation sites is 1. The van der Waals surface area contributed by atoms with E-state index in [0.29, 0.717) is 12.3 Å². The van der Waals surface area contributed by atoms with Gasteiger partial charge in [-0.1, -0.05) is 36.4 Å². The third kappa shape index (κ3) is 5.50. The van der Waals surface area contributed by atoms with Crippen LogP contribution in [0.3, 0.4) is 0 Å². The number of carbonyl (C=O) groups is 2. The molecule has 0 atom stereocenters. The van der Waals surface area contributed by atoms with Gasteiger partial charge < -0.3 is 10.1 Å². The van der Waals surface area contributed by atoms with Crippen LogP contribution in [0.2, 0.25) is 0 Å². The van der Waals surface area contributed by atoms with Crippen LogP contribution in [-0.4, -0.2) is 35.8 Å². The van der Waals surface area contributed by atoms with Crippen molar-refractivity contribution in [1.29, 1.82) is 0 Å². The Hall–Kier alpha value is -3.07. The largest absolute Gasteiger partial charge is 0.452 e. The van der Waals surface area contributed by atoms with E-state index in [-0.39, 0.29) is 10.9 Å². The number of aromatic nitrogens is 1. The third-order valence-corrected chi connectivity index (χ3v) is 5.06. The fourth-order valence-electron chi connectivity index (χ4n) is 2.74. The summed E-state index contributed by atoms with van der Waals surface area (Å²) in [6.45, 7) is -0.361. The second-order valence-corrected chi connectivity index (χ2v) is 7.32. The first-order valence-electron chi connectivity index (χ1n) is 8.93. The number of fused-ring (bicyclic) bond motifs is 1. The average molecular weight is 434 g/mol. The van der Waals surface area contributed by atoms with Gasteiger partial charge in [0.25, 0.3) is 5.91 Å². The maximum absolute atomic E-state index is 13.6. The number of esters is 1. The topological polar surface area (TPSA) is 68.3 Å². The molecular weight excluding hydrogens is 417 g/mol. The van der Waals surface area contributed by atoms with Crippen LogP contribution < -0.4 is 5.32 Å². The molecule has 0 bridgehead atoms. The number of carbonyl (C=O) groups excluding carboxylic acids is 2. The Morgan fingerprint density at radius 2 is 1.73 bits per heavy atom. The van der Waals surface area contributed by atoms with Crippen LogP contribution in [0, 0.1) is 0 Å². The van der Waals surface area contributed by atoms with Crippen LogP contribution in [-0.2, 0) is 15.7 Å². The Balaban J connectivity index is 1.58. The molecule has 30 heavy (non-hydrogen) atoms. The molecule has 0 saturated carbocycles. The fourth-order valence-corrected chi connectivity index (χ4v) is 3.53. The number of amides is 1. The molecule has 5 nitrogen and oxygen atoms in total. The molecule has 0 aliphatic heterocycles. The van der Waals surface area contributed by atoms with E-state index in [2.05, 4.69) is 10.3 Å². The lowest BCUT2D eigenvalue weighted by Gasteiger charge is -2.14. The number of nitrogens with one attached hydrogen (secondary N) is 1. The van der Waals surface area contributed by atoms with Crippen molar-refractivity contribution in [2.45, 2.75) is 11.1 Å². The minimum atomic E-state index is -4.78. The molecule has 0 fully saturated rings. The zero-order valence-electron chi connectivity index (χ0n) is 15.6. The summed E-state index contributed by atoms with van der Waals surface area (Å²) in [5, 5.41) is 2.35. The van der Waals surface area contributed by atoms with Crippen LogP contribution in [0.4, 0.5) is 13.2 Å². The van der Waals surface area contributed by atoms with E-state index in [4.69, 9.17) is 4.74 Å². The van der Waals surface area contributed by atoms with E-state index in [1.54, 1.807) is 6.07 Å². The molecule has 9 heteroatoms. The van der Waals surface area contributed by atoms with Gasteiger partial charge in [-0.25, -0.2) is 4.79 Å². The van der Waals surface area contributed by atoms with Gasteiger partial charge in [-0.3, -0.25) is 9.78 Å². The number of thioether (sulfide) groups is 1. The van der Waals surface area contributed by atoms with E-state index >= 15 is 0 Å². The molecule has 1 aromatic heterocycles. The Labute approximate surface area is 174 Å². The third-order valence-electron chi connectivity index (χ3n) is 4.05. The molecule has 156 valence electrons. The van der Waals surface area contributed by atoms with E-state index < -0.39 is 35.8 Å². The maximum atomic E-state index is 13.6. The molecule has 1 amide bonds. The summed E-state index contributed by atoms with van der Waals surface area (Å²) in [6.07, 6.45) is -3.96. The summed E-state index contributed by atoms with van der Waals surface area (Å²) in [5.74, 6) is -1.26. The van der Waals surface area contributed by atoms with Crippen molar-refractivity contribution in [3.8, 4) is 0 Å². The number of nitrogens with zero attached hydrogens (tertiary/aromatic N) is 1. The van der Waals surface area contributed by atoms with Gasteiger partial charge in [0.05, 0.1) is 16.6 Å². The molecule has 0 aliphatic carbocycles. The number of hydrogen-bond acceptors (Lipinski definition) is 5. The Bertz CT molecular complexity index is 1040. The Morgan fingerprint density at radius 3 is 2.47 bits per heavy atom. The van der Waals surface area contributed by atoms with E-state index in [1.165, 1.54) is 30.0 Å². The quantitative estimate of drug-likeness (QED) is 0.341. The van der Waals surface area contributed by atoms with Crippen molar-refractivity contribution in [2.75, 3.05) is 18.9 Å². The number of rotatable bonds is 7. The highest BCUT2D eigenvalue weighted by Crippen LogP contribution is 2.36. The number of hydrogen-bond donors (Lipinski definition) is 1. The van der Waals surface area contributed by atoms with Crippen molar-refractivity contribution < 1.29 is 27.5 Å². The lowest BCUT2D eigenvalue weighted by atomic mass is 10.0. The first kappa shape index (κ1) is 21.6. The van der Waals surface area contributed by atoms with Crippen LogP contribution in [0.5, 0.6) is 0 Å². The molecule has 3 aromatic rings. The minimum absolute atomic E-state index is 0.107. The van der Waals surface area contributed by atoms with Crippen LogP contribution in [0.25, 0.3) is 10.9 Å². The lowest BCUT2D eigenvalue weighted by molar-refractivity contribution is -0.136. The van der Waals surface area contributed by atoms with Crippen LogP contribution in [0.1, 0.15) is 15.9 Å². The van der Waals surface area contributed by atoms with Gasteiger partial charge in [0.15, 0.2) is 6.61 Å². The van der Waals surface area contributed by atoms with E-state index in [0.717, 1.165) is 11.1 Å². The smallest absolute Gasteiger partial charge is 0.417 e. The Kier molecular flexibility index (Phi) is 6.94. The maximum Gasteiger partial charge on any atom is 0.417 e. The zero-order valence-corrected chi connectivity index (χ0v) is 16.4. The van der Waals surface area contributed by atoms with Crippen molar-refractivity contribution in [3.05, 3.63) is 71.9 Å². The highest BCUT2D eigenvalue weighted by atomic mass is 32.2. The molecule has 1 heterocycles. The first-order chi connectivity index (χ1) is 14.4. The van der Waals surface area contributed by atoms with Crippen molar-refractivity contribution in [3.63, 3.8) is 0 Å². The summed E-state index contributed by atoms with van der Waals surface area (Å²) in [4.78, 5) is 29.0. The second-order valence-electron chi connectivity index (χ2n) is 6.15. The molecule has 0 unspecified atom stereocenters. The summed E-state index contributed by atoms with van der Waals surface area (Å²) in [6, 6.07) is 15.2. The molecule has 1 N–H and O–H groups in total. The molecule has 0 radical (unpaired) electrons. The van der Waals surface area contributed by atoms with Gasteiger partial charge in [0.1, 0.15) is 0 Å². The zero-order chi connectivity index (χ0) is 21.6. The first-order valence-corrected chi connectivity index (χ1v) is 9.91. The van der Waals surface area contributed by atoms with Gasteiger partial charge in [-0.2, -0.15) is 13.2 Å². The van der Waals surface area contributed by atoms with Crippen LogP contribution >= 0.6 is 11.8 Å². The van der Waals surface area contributed by atoms with Crippen LogP contribution in [0.15, 0.2) is 65.7 Å². The molecular formula is C21H17F3N2O3S. The van der Waals surface area contributed by atoms with E-state index in [1.807, 2.05) is 30.3 Å². The summed E-state index contributed by atoms with van der Waals surface area (Å²) >= 11 is 1.53. The Morgan fingerprint density at radius 1 is 1.03 bits per heavy atom. The van der Waals surface area contributed by atoms with Crippen molar-refractivity contribution in [1.82, 2.24) is 10.3 Å².